The number of amides is 1. The molecule has 180 valence electrons. The summed E-state index contributed by atoms with van der Waals surface area (Å²) in [7, 11) is 0. The first kappa shape index (κ1) is 24.4. The molecular weight excluding hydrogens is 466 g/mol. The van der Waals surface area contributed by atoms with Gasteiger partial charge in [-0.2, -0.15) is 0 Å². The van der Waals surface area contributed by atoms with Gasteiger partial charge in [0.1, 0.15) is 17.3 Å². The van der Waals surface area contributed by atoms with E-state index < -0.39 is 17.7 Å². The molecule has 1 N–H and O–H groups in total. The summed E-state index contributed by atoms with van der Waals surface area (Å²) in [4.78, 5) is 27.9. The highest BCUT2D eigenvalue weighted by Crippen LogP contribution is 2.42. The first-order chi connectivity index (χ1) is 16.8. The van der Waals surface area contributed by atoms with E-state index in [0.717, 1.165) is 0 Å². The Bertz CT molecular complexity index is 1250. The van der Waals surface area contributed by atoms with Gasteiger partial charge in [-0.15, -0.1) is 0 Å². The molecule has 1 fully saturated rings. The first-order valence-electron chi connectivity index (χ1n) is 11.4. The Morgan fingerprint density at radius 2 is 1.54 bits per heavy atom. The van der Waals surface area contributed by atoms with Crippen LogP contribution in [0, 0.1) is 0 Å². The number of hydrogen-bond donors (Lipinski definition) is 1. The van der Waals surface area contributed by atoms with Crippen LogP contribution in [0.25, 0.3) is 5.76 Å². The first-order valence-corrected chi connectivity index (χ1v) is 11.7. The number of anilines is 1. The zero-order chi connectivity index (χ0) is 25.1. The minimum absolute atomic E-state index is 0.00112. The summed E-state index contributed by atoms with van der Waals surface area (Å²) in [6, 6.07) is 19.7. The van der Waals surface area contributed by atoms with Crippen molar-refractivity contribution in [1.82, 2.24) is 0 Å². The molecule has 0 radical (unpaired) electrons. The van der Waals surface area contributed by atoms with Crippen LogP contribution in [0.3, 0.4) is 0 Å². The lowest BCUT2D eigenvalue weighted by atomic mass is 9.95. The fourth-order valence-corrected chi connectivity index (χ4v) is 4.17. The maximum atomic E-state index is 13.3. The Balaban J connectivity index is 1.82. The summed E-state index contributed by atoms with van der Waals surface area (Å²) in [5.74, 6) is -0.456. The van der Waals surface area contributed by atoms with E-state index in [1.807, 2.05) is 20.8 Å². The van der Waals surface area contributed by atoms with Gasteiger partial charge in [0.25, 0.3) is 11.7 Å². The van der Waals surface area contributed by atoms with Crippen LogP contribution in [0.5, 0.6) is 11.5 Å². The molecule has 1 unspecified atom stereocenters. The maximum absolute atomic E-state index is 13.3. The van der Waals surface area contributed by atoms with E-state index in [4.69, 9.17) is 21.1 Å². The van der Waals surface area contributed by atoms with E-state index in [0.29, 0.717) is 39.9 Å². The van der Waals surface area contributed by atoms with Crippen molar-refractivity contribution in [3.63, 3.8) is 0 Å². The number of hydrogen-bond acceptors (Lipinski definition) is 5. The van der Waals surface area contributed by atoms with Crippen LogP contribution in [-0.4, -0.2) is 29.5 Å². The molecular formula is C28H26ClNO5. The number of ketones is 1. The number of aliphatic hydroxyl groups is 1. The second-order valence-electron chi connectivity index (χ2n) is 8.34. The zero-order valence-electron chi connectivity index (χ0n) is 19.7. The number of halogens is 1. The highest BCUT2D eigenvalue weighted by molar-refractivity contribution is 6.51. The van der Waals surface area contributed by atoms with Gasteiger partial charge in [0.2, 0.25) is 0 Å². The molecule has 1 atom stereocenters. The van der Waals surface area contributed by atoms with Gasteiger partial charge in [-0.1, -0.05) is 23.7 Å². The molecule has 3 aromatic rings. The molecule has 1 heterocycles. The second kappa shape index (κ2) is 10.2. The summed E-state index contributed by atoms with van der Waals surface area (Å²) in [6.45, 7) is 6.23. The van der Waals surface area contributed by atoms with Crippen molar-refractivity contribution < 1.29 is 24.2 Å². The van der Waals surface area contributed by atoms with Gasteiger partial charge in [0.05, 0.1) is 24.3 Å². The third-order valence-corrected chi connectivity index (χ3v) is 5.81. The quantitative estimate of drug-likeness (QED) is 0.243. The van der Waals surface area contributed by atoms with E-state index >= 15 is 0 Å². The van der Waals surface area contributed by atoms with Crippen molar-refractivity contribution in [3.8, 4) is 11.5 Å². The topological polar surface area (TPSA) is 76.1 Å². The van der Waals surface area contributed by atoms with Crippen LogP contribution in [0.1, 0.15) is 37.9 Å². The van der Waals surface area contributed by atoms with Gasteiger partial charge in [-0.05, 0) is 87.0 Å². The number of carbonyl (C=O) groups excluding carboxylic acids is 2. The number of benzene rings is 3. The molecule has 1 saturated heterocycles. The Labute approximate surface area is 209 Å². The van der Waals surface area contributed by atoms with E-state index in [1.54, 1.807) is 72.8 Å². The third kappa shape index (κ3) is 5.03. The molecule has 0 aliphatic carbocycles. The number of aliphatic hydroxyl groups excluding tert-OH is 1. The molecule has 4 rings (SSSR count). The number of carbonyl (C=O) groups is 2. The lowest BCUT2D eigenvalue weighted by Gasteiger charge is -2.25. The van der Waals surface area contributed by atoms with Crippen molar-refractivity contribution in [2.75, 3.05) is 11.5 Å². The Morgan fingerprint density at radius 1 is 0.943 bits per heavy atom. The molecule has 0 spiro atoms. The van der Waals surface area contributed by atoms with Gasteiger partial charge in [0, 0.05) is 16.3 Å². The van der Waals surface area contributed by atoms with E-state index in [9.17, 15) is 14.7 Å². The maximum Gasteiger partial charge on any atom is 0.300 e. The molecule has 1 amide bonds. The summed E-state index contributed by atoms with van der Waals surface area (Å²) < 4.78 is 11.2. The Hall–Kier alpha value is -3.77. The standard InChI is InChI=1S/C28H26ClNO5/c1-4-34-22-15-11-21(12-16-22)30-25(18-5-9-20(29)10-6-18)24(27(32)28(30)33)26(31)19-7-13-23(14-8-19)35-17(2)3/h5-17,25,31H,4H2,1-3H3/b26-24+. The van der Waals surface area contributed by atoms with Crippen LogP contribution in [0.15, 0.2) is 78.4 Å². The molecule has 35 heavy (non-hydrogen) atoms. The monoisotopic (exact) mass is 491 g/mol. The average molecular weight is 492 g/mol. The third-order valence-electron chi connectivity index (χ3n) is 5.56. The summed E-state index contributed by atoms with van der Waals surface area (Å²) in [6.07, 6.45) is -0.00112. The largest absolute Gasteiger partial charge is 0.507 e. The smallest absolute Gasteiger partial charge is 0.300 e. The van der Waals surface area contributed by atoms with E-state index in [-0.39, 0.29) is 17.4 Å². The van der Waals surface area contributed by atoms with Crippen molar-refractivity contribution in [3.05, 3.63) is 94.5 Å². The minimum Gasteiger partial charge on any atom is -0.507 e. The number of ether oxygens (including phenoxy) is 2. The Morgan fingerprint density at radius 3 is 2.11 bits per heavy atom. The number of rotatable bonds is 7. The van der Waals surface area contributed by atoms with Crippen molar-refractivity contribution in [2.24, 2.45) is 0 Å². The summed E-state index contributed by atoms with van der Waals surface area (Å²) in [5.41, 5.74) is 1.56. The van der Waals surface area contributed by atoms with Gasteiger partial charge < -0.3 is 14.6 Å². The van der Waals surface area contributed by atoms with Crippen molar-refractivity contribution in [1.29, 1.82) is 0 Å². The number of Topliss-reactive ketones (excluding diaryl/α,β-unsaturated/α-hetero) is 1. The average Bonchev–Trinajstić information content (AvgIpc) is 3.10. The highest BCUT2D eigenvalue weighted by atomic mass is 35.5. The van der Waals surface area contributed by atoms with Crippen LogP contribution in [0.2, 0.25) is 5.02 Å². The molecule has 0 aromatic heterocycles. The van der Waals surface area contributed by atoms with Crippen LogP contribution >= 0.6 is 11.6 Å². The van der Waals surface area contributed by atoms with Crippen LogP contribution in [0.4, 0.5) is 5.69 Å². The SMILES string of the molecule is CCOc1ccc(N2C(=O)C(=O)/C(=C(/O)c3ccc(OC(C)C)cc3)C2c2ccc(Cl)cc2)cc1. The van der Waals surface area contributed by atoms with Gasteiger partial charge in [-0.3, -0.25) is 14.5 Å². The molecule has 7 heteroatoms. The normalized spacial score (nSPS) is 17.2. The van der Waals surface area contributed by atoms with Crippen molar-refractivity contribution >= 4 is 34.7 Å². The predicted molar refractivity (Wildman–Crippen MR) is 136 cm³/mol. The van der Waals surface area contributed by atoms with Gasteiger partial charge in [0.15, 0.2) is 0 Å². The fraction of sp³-hybridized carbons (Fsp3) is 0.214. The lowest BCUT2D eigenvalue weighted by molar-refractivity contribution is -0.132. The van der Waals surface area contributed by atoms with Gasteiger partial charge >= 0.3 is 0 Å². The highest BCUT2D eigenvalue weighted by Gasteiger charge is 2.47. The van der Waals surface area contributed by atoms with Crippen LogP contribution < -0.4 is 14.4 Å². The zero-order valence-corrected chi connectivity index (χ0v) is 20.5. The second-order valence-corrected chi connectivity index (χ2v) is 8.77. The minimum atomic E-state index is -0.836. The molecule has 1 aliphatic heterocycles. The molecule has 1 aliphatic rings. The van der Waals surface area contributed by atoms with Crippen LogP contribution in [-0.2, 0) is 9.59 Å². The van der Waals surface area contributed by atoms with Crippen molar-refractivity contribution in [2.45, 2.75) is 32.9 Å². The van der Waals surface area contributed by atoms with E-state index in [1.165, 1.54) is 4.90 Å². The molecule has 3 aromatic carbocycles. The Kier molecular flexibility index (Phi) is 7.12. The molecule has 0 saturated carbocycles. The lowest BCUT2D eigenvalue weighted by Crippen LogP contribution is -2.29. The van der Waals surface area contributed by atoms with Gasteiger partial charge in [-0.25, -0.2) is 0 Å². The summed E-state index contributed by atoms with van der Waals surface area (Å²) >= 11 is 6.09. The molecule has 0 bridgehead atoms. The fourth-order valence-electron chi connectivity index (χ4n) is 4.05. The number of nitrogens with zero attached hydrogens (tertiary/aromatic N) is 1. The summed E-state index contributed by atoms with van der Waals surface area (Å²) in [5, 5.41) is 11.8. The van der Waals surface area contributed by atoms with E-state index in [2.05, 4.69) is 0 Å². The predicted octanol–water partition coefficient (Wildman–Crippen LogP) is 6.15. The molecule has 6 nitrogen and oxygen atoms in total.